The lowest BCUT2D eigenvalue weighted by atomic mass is 10.1. The molecular formula is C23H21BrCl2N2O3S. The normalized spacial score (nSPS) is 11.6. The highest BCUT2D eigenvalue weighted by atomic mass is 79.9. The van der Waals surface area contributed by atoms with Gasteiger partial charge in [-0.3, -0.25) is 4.79 Å². The highest BCUT2D eigenvalue weighted by Gasteiger charge is 2.27. The van der Waals surface area contributed by atoms with E-state index in [2.05, 4.69) is 21.2 Å². The molecule has 0 aliphatic rings. The standard InChI is InChI=1S/C23H21BrCl2N2O3S/c1-15-11-18(24)12-16(2)23(15)27-22(29)14-28(13-17-3-5-19(25)6-4-17)32(30,31)21-9-7-20(26)8-10-21/h3-12H,13-14H2,1-2H3,(H,27,29). The van der Waals surface area contributed by atoms with Crippen LogP contribution in [0.1, 0.15) is 16.7 Å². The maximum absolute atomic E-state index is 13.4. The zero-order valence-corrected chi connectivity index (χ0v) is 21.3. The second-order valence-electron chi connectivity index (χ2n) is 7.32. The highest BCUT2D eigenvalue weighted by Crippen LogP contribution is 2.26. The molecule has 0 saturated carbocycles. The van der Waals surface area contributed by atoms with E-state index in [4.69, 9.17) is 23.2 Å². The first-order chi connectivity index (χ1) is 15.1. The summed E-state index contributed by atoms with van der Waals surface area (Å²) >= 11 is 15.3. The van der Waals surface area contributed by atoms with Crippen LogP contribution in [-0.4, -0.2) is 25.2 Å². The number of carbonyl (C=O) groups is 1. The lowest BCUT2D eigenvalue weighted by molar-refractivity contribution is -0.116. The van der Waals surface area contributed by atoms with Gasteiger partial charge in [-0.05, 0) is 79.1 Å². The topological polar surface area (TPSA) is 66.5 Å². The molecule has 0 saturated heterocycles. The van der Waals surface area contributed by atoms with Crippen molar-refractivity contribution in [3.63, 3.8) is 0 Å². The lowest BCUT2D eigenvalue weighted by Gasteiger charge is -2.23. The van der Waals surface area contributed by atoms with Gasteiger partial charge in [0.25, 0.3) is 0 Å². The molecule has 0 atom stereocenters. The Morgan fingerprint density at radius 3 is 1.97 bits per heavy atom. The van der Waals surface area contributed by atoms with E-state index in [9.17, 15) is 13.2 Å². The lowest BCUT2D eigenvalue weighted by Crippen LogP contribution is -2.37. The van der Waals surface area contributed by atoms with Gasteiger partial charge in [0.05, 0.1) is 11.4 Å². The van der Waals surface area contributed by atoms with Gasteiger partial charge >= 0.3 is 0 Å². The van der Waals surface area contributed by atoms with Gasteiger partial charge in [-0.25, -0.2) is 8.42 Å². The summed E-state index contributed by atoms with van der Waals surface area (Å²) < 4.78 is 28.7. The van der Waals surface area contributed by atoms with Crippen LogP contribution in [0.25, 0.3) is 0 Å². The van der Waals surface area contributed by atoms with E-state index in [0.29, 0.717) is 21.3 Å². The Balaban J connectivity index is 1.90. The number of sulfonamides is 1. The molecule has 0 aromatic heterocycles. The third kappa shape index (κ3) is 6.11. The fraction of sp³-hybridized carbons (Fsp3) is 0.174. The van der Waals surface area contributed by atoms with Crippen molar-refractivity contribution in [2.75, 3.05) is 11.9 Å². The summed E-state index contributed by atoms with van der Waals surface area (Å²) in [5.74, 6) is -0.440. The highest BCUT2D eigenvalue weighted by molar-refractivity contribution is 9.10. The van der Waals surface area contributed by atoms with Gasteiger partial charge in [0, 0.05) is 26.8 Å². The maximum atomic E-state index is 13.4. The Hall–Kier alpha value is -1.90. The molecule has 0 heterocycles. The molecule has 0 aliphatic heterocycles. The Morgan fingerprint density at radius 2 is 1.44 bits per heavy atom. The van der Waals surface area contributed by atoms with Crippen LogP contribution in [-0.2, 0) is 21.4 Å². The van der Waals surface area contributed by atoms with Crippen LogP contribution in [0.4, 0.5) is 5.69 Å². The molecule has 32 heavy (non-hydrogen) atoms. The number of aryl methyl sites for hydroxylation is 2. The second-order valence-corrected chi connectivity index (χ2v) is 11.0. The third-order valence-corrected chi connectivity index (χ3v) is 7.57. The Kier molecular flexibility index (Phi) is 8.01. The van der Waals surface area contributed by atoms with E-state index >= 15 is 0 Å². The number of benzene rings is 3. The summed E-state index contributed by atoms with van der Waals surface area (Å²) in [7, 11) is -3.97. The van der Waals surface area contributed by atoms with Crippen molar-refractivity contribution in [2.24, 2.45) is 0 Å². The Morgan fingerprint density at radius 1 is 0.938 bits per heavy atom. The summed E-state index contributed by atoms with van der Waals surface area (Å²) in [5, 5.41) is 3.82. The summed E-state index contributed by atoms with van der Waals surface area (Å²) in [6.45, 7) is 3.41. The molecule has 0 aliphatic carbocycles. The molecule has 168 valence electrons. The molecule has 9 heteroatoms. The Bertz CT molecular complexity index is 1210. The molecule has 5 nitrogen and oxygen atoms in total. The van der Waals surface area contributed by atoms with Gasteiger partial charge in [-0.2, -0.15) is 4.31 Å². The molecule has 0 spiro atoms. The molecule has 1 N–H and O–H groups in total. The monoisotopic (exact) mass is 554 g/mol. The summed E-state index contributed by atoms with van der Waals surface area (Å²) in [4.78, 5) is 13.0. The van der Waals surface area contributed by atoms with E-state index in [0.717, 1.165) is 19.9 Å². The van der Waals surface area contributed by atoms with Crippen molar-refractivity contribution < 1.29 is 13.2 Å². The molecule has 3 aromatic rings. The smallest absolute Gasteiger partial charge is 0.243 e. The van der Waals surface area contributed by atoms with Crippen LogP contribution in [0.5, 0.6) is 0 Å². The fourth-order valence-electron chi connectivity index (χ4n) is 3.22. The number of nitrogens with one attached hydrogen (secondary N) is 1. The van der Waals surface area contributed by atoms with E-state index in [1.165, 1.54) is 24.3 Å². The zero-order valence-electron chi connectivity index (χ0n) is 17.4. The van der Waals surface area contributed by atoms with Crippen LogP contribution < -0.4 is 5.32 Å². The summed E-state index contributed by atoms with van der Waals surface area (Å²) in [5.41, 5.74) is 3.11. The number of nitrogens with zero attached hydrogens (tertiary/aromatic N) is 1. The van der Waals surface area contributed by atoms with Gasteiger partial charge in [0.2, 0.25) is 15.9 Å². The average molecular weight is 556 g/mol. The van der Waals surface area contributed by atoms with Crippen molar-refractivity contribution in [1.29, 1.82) is 0 Å². The second kappa shape index (κ2) is 10.4. The van der Waals surface area contributed by atoms with Gasteiger partial charge < -0.3 is 5.32 Å². The quantitative estimate of drug-likeness (QED) is 0.377. The number of halogens is 3. The largest absolute Gasteiger partial charge is 0.324 e. The van der Waals surface area contributed by atoms with Crippen LogP contribution in [0.2, 0.25) is 10.0 Å². The number of hydrogen-bond acceptors (Lipinski definition) is 3. The SMILES string of the molecule is Cc1cc(Br)cc(C)c1NC(=O)CN(Cc1ccc(Cl)cc1)S(=O)(=O)c1ccc(Cl)cc1. The maximum Gasteiger partial charge on any atom is 0.243 e. The molecule has 3 rings (SSSR count). The van der Waals surface area contributed by atoms with Gasteiger partial charge in [0.1, 0.15) is 0 Å². The van der Waals surface area contributed by atoms with Crippen LogP contribution in [0, 0.1) is 13.8 Å². The molecule has 0 fully saturated rings. The minimum atomic E-state index is -3.97. The zero-order chi connectivity index (χ0) is 23.5. The predicted octanol–water partition coefficient (Wildman–Crippen LogP) is 6.20. The molecule has 0 unspecified atom stereocenters. The minimum Gasteiger partial charge on any atom is -0.324 e. The van der Waals surface area contributed by atoms with Crippen molar-refractivity contribution in [1.82, 2.24) is 4.31 Å². The van der Waals surface area contributed by atoms with Crippen LogP contribution in [0.3, 0.4) is 0 Å². The first-order valence-electron chi connectivity index (χ1n) is 9.63. The Labute approximate surface area is 206 Å². The van der Waals surface area contributed by atoms with E-state index in [-0.39, 0.29) is 18.0 Å². The van der Waals surface area contributed by atoms with E-state index in [1.54, 1.807) is 24.3 Å². The molecule has 0 radical (unpaired) electrons. The van der Waals surface area contributed by atoms with Gasteiger partial charge in [-0.15, -0.1) is 0 Å². The van der Waals surface area contributed by atoms with Crippen LogP contribution >= 0.6 is 39.1 Å². The van der Waals surface area contributed by atoms with Gasteiger partial charge in [0.15, 0.2) is 0 Å². The number of rotatable bonds is 7. The average Bonchev–Trinajstić information content (AvgIpc) is 2.72. The number of amides is 1. The first kappa shape index (κ1) is 24.7. The third-order valence-electron chi connectivity index (χ3n) is 4.81. The predicted molar refractivity (Wildman–Crippen MR) is 133 cm³/mol. The van der Waals surface area contributed by atoms with E-state index < -0.39 is 15.9 Å². The fourth-order valence-corrected chi connectivity index (χ4v) is 5.55. The molecular weight excluding hydrogens is 535 g/mol. The van der Waals surface area contributed by atoms with Gasteiger partial charge in [-0.1, -0.05) is 51.3 Å². The van der Waals surface area contributed by atoms with Crippen molar-refractivity contribution in [3.8, 4) is 0 Å². The van der Waals surface area contributed by atoms with Crippen molar-refractivity contribution in [2.45, 2.75) is 25.3 Å². The first-order valence-corrected chi connectivity index (χ1v) is 12.6. The van der Waals surface area contributed by atoms with E-state index in [1.807, 2.05) is 26.0 Å². The van der Waals surface area contributed by atoms with Crippen molar-refractivity contribution in [3.05, 3.63) is 91.9 Å². The number of anilines is 1. The minimum absolute atomic E-state index is 0.00779. The van der Waals surface area contributed by atoms with Crippen LogP contribution in [0.15, 0.2) is 70.0 Å². The summed E-state index contributed by atoms with van der Waals surface area (Å²) in [6.07, 6.45) is 0. The molecule has 1 amide bonds. The summed E-state index contributed by atoms with van der Waals surface area (Å²) in [6, 6.07) is 16.4. The molecule has 0 bridgehead atoms. The van der Waals surface area contributed by atoms with Crippen molar-refractivity contribution >= 4 is 60.7 Å². The number of carbonyl (C=O) groups excluding carboxylic acids is 1. The number of hydrogen-bond donors (Lipinski definition) is 1. The molecule has 3 aromatic carbocycles.